The van der Waals surface area contributed by atoms with Gasteiger partial charge in [0.05, 0.1) is 10.6 Å². The number of rotatable bonds is 7. The fourth-order valence-electron chi connectivity index (χ4n) is 3.19. The van der Waals surface area contributed by atoms with Gasteiger partial charge in [0.2, 0.25) is 5.95 Å². The second-order valence-corrected chi connectivity index (χ2v) is 6.65. The van der Waals surface area contributed by atoms with Crippen LogP contribution in [0.4, 0.5) is 23.1 Å². The molecule has 0 radical (unpaired) electrons. The highest BCUT2D eigenvalue weighted by Crippen LogP contribution is 2.35. The van der Waals surface area contributed by atoms with E-state index >= 15 is 0 Å². The van der Waals surface area contributed by atoms with Crippen molar-refractivity contribution in [3.05, 3.63) is 69.4 Å². The summed E-state index contributed by atoms with van der Waals surface area (Å²) in [4.78, 5) is 19.5. The van der Waals surface area contributed by atoms with E-state index in [1.165, 1.54) is 11.6 Å². The summed E-state index contributed by atoms with van der Waals surface area (Å²) in [7, 11) is 0. The van der Waals surface area contributed by atoms with Gasteiger partial charge < -0.3 is 16.8 Å². The molecule has 0 aliphatic heterocycles. The van der Waals surface area contributed by atoms with Crippen molar-refractivity contribution in [2.24, 2.45) is 0 Å². The minimum Gasteiger partial charge on any atom is -0.383 e. The zero-order chi connectivity index (χ0) is 21.0. The van der Waals surface area contributed by atoms with Crippen molar-refractivity contribution >= 4 is 23.1 Å². The van der Waals surface area contributed by atoms with Crippen molar-refractivity contribution in [1.82, 2.24) is 9.97 Å². The molecule has 29 heavy (non-hydrogen) atoms. The molecule has 0 spiro atoms. The van der Waals surface area contributed by atoms with E-state index in [-0.39, 0.29) is 17.5 Å². The summed E-state index contributed by atoms with van der Waals surface area (Å²) in [5, 5.41) is 14.8. The van der Waals surface area contributed by atoms with Gasteiger partial charge in [-0.1, -0.05) is 44.2 Å². The second kappa shape index (κ2) is 8.55. The number of nitrogens with zero attached hydrogens (tertiary/aromatic N) is 3. The van der Waals surface area contributed by atoms with Crippen LogP contribution >= 0.6 is 0 Å². The first-order chi connectivity index (χ1) is 13.9. The number of nitrogens with one attached hydrogen (secondary N) is 1. The number of nitrogen functional groups attached to an aromatic ring is 2. The Morgan fingerprint density at radius 2 is 1.69 bits per heavy atom. The molecule has 0 saturated heterocycles. The van der Waals surface area contributed by atoms with Crippen LogP contribution in [0.5, 0.6) is 0 Å². The monoisotopic (exact) mass is 392 g/mol. The van der Waals surface area contributed by atoms with Gasteiger partial charge in [0.25, 0.3) is 5.69 Å². The van der Waals surface area contributed by atoms with Crippen molar-refractivity contribution in [3.8, 4) is 11.1 Å². The Morgan fingerprint density at radius 3 is 2.31 bits per heavy atom. The summed E-state index contributed by atoms with van der Waals surface area (Å²) < 4.78 is 0. The van der Waals surface area contributed by atoms with Gasteiger partial charge in [-0.15, -0.1) is 0 Å². The largest absolute Gasteiger partial charge is 0.383 e. The van der Waals surface area contributed by atoms with E-state index in [2.05, 4.69) is 34.3 Å². The number of hydrogen-bond donors (Lipinski definition) is 3. The Kier molecular flexibility index (Phi) is 5.92. The minimum absolute atomic E-state index is 0.0362. The Hall–Kier alpha value is -3.68. The molecule has 0 aliphatic carbocycles. The number of nitro benzene ring substituents is 1. The van der Waals surface area contributed by atoms with E-state index in [9.17, 15) is 10.1 Å². The third-order valence-electron chi connectivity index (χ3n) is 4.76. The molecule has 0 bridgehead atoms. The molecule has 0 atom stereocenters. The van der Waals surface area contributed by atoms with E-state index in [1.807, 2.05) is 19.1 Å². The van der Waals surface area contributed by atoms with Gasteiger partial charge in [0.1, 0.15) is 11.5 Å². The van der Waals surface area contributed by atoms with Crippen LogP contribution in [-0.4, -0.2) is 14.9 Å². The molecule has 8 nitrogen and oxygen atoms in total. The number of anilines is 3. The molecule has 0 aliphatic rings. The average Bonchev–Trinajstić information content (AvgIpc) is 2.72. The van der Waals surface area contributed by atoms with Crippen molar-refractivity contribution < 1.29 is 4.92 Å². The first-order valence-electron chi connectivity index (χ1n) is 9.45. The Balaban J connectivity index is 1.92. The molecule has 0 unspecified atom stereocenters. The molecule has 5 N–H and O–H groups in total. The zero-order valence-electron chi connectivity index (χ0n) is 16.5. The lowest BCUT2D eigenvalue weighted by Gasteiger charge is -2.13. The molecule has 2 aromatic carbocycles. The Labute approximate surface area is 169 Å². The third kappa shape index (κ3) is 4.43. The molecular formula is C21H24N6O2. The lowest BCUT2D eigenvalue weighted by atomic mass is 10.0. The van der Waals surface area contributed by atoms with Crippen LogP contribution in [-0.2, 0) is 19.4 Å². The van der Waals surface area contributed by atoms with Crippen molar-refractivity contribution in [3.63, 3.8) is 0 Å². The molecule has 1 heterocycles. The minimum atomic E-state index is -0.411. The fourth-order valence-corrected chi connectivity index (χ4v) is 3.19. The summed E-state index contributed by atoms with van der Waals surface area (Å²) in [6.07, 6.45) is 1.55. The smallest absolute Gasteiger partial charge is 0.292 e. The van der Waals surface area contributed by atoms with E-state index in [1.54, 1.807) is 12.1 Å². The normalized spacial score (nSPS) is 10.7. The lowest BCUT2D eigenvalue weighted by molar-refractivity contribution is -0.383. The van der Waals surface area contributed by atoms with Crippen LogP contribution in [0.15, 0.2) is 42.5 Å². The van der Waals surface area contributed by atoms with Gasteiger partial charge >= 0.3 is 0 Å². The molecule has 8 heteroatoms. The summed E-state index contributed by atoms with van der Waals surface area (Å²) in [6.45, 7) is 4.50. The van der Waals surface area contributed by atoms with Crippen molar-refractivity contribution in [2.45, 2.75) is 33.2 Å². The van der Waals surface area contributed by atoms with E-state index in [0.29, 0.717) is 35.5 Å². The van der Waals surface area contributed by atoms with Crippen LogP contribution in [0, 0.1) is 10.1 Å². The lowest BCUT2D eigenvalue weighted by Crippen LogP contribution is -2.07. The number of aromatic nitrogens is 2. The maximum Gasteiger partial charge on any atom is 0.292 e. The molecule has 3 rings (SSSR count). The van der Waals surface area contributed by atoms with Gasteiger partial charge in [0, 0.05) is 18.2 Å². The standard InChI is InChI=1S/C21H24N6O2/c1-3-13-5-7-14(8-6-13)12-24-17-10-9-15(11-18(17)27(28)29)19-16(4-2)25-21(23)26-20(19)22/h5-11,24H,3-4,12H2,1-2H3,(H4,22,23,25,26). The van der Waals surface area contributed by atoms with Crippen molar-refractivity contribution in [2.75, 3.05) is 16.8 Å². The number of hydrogen-bond acceptors (Lipinski definition) is 7. The quantitative estimate of drug-likeness (QED) is 0.409. The van der Waals surface area contributed by atoms with Crippen LogP contribution in [0.3, 0.4) is 0 Å². The maximum absolute atomic E-state index is 11.7. The molecule has 0 amide bonds. The highest BCUT2D eigenvalue weighted by atomic mass is 16.6. The summed E-state index contributed by atoms with van der Waals surface area (Å²) in [5.74, 6) is 0.297. The molecule has 0 fully saturated rings. The second-order valence-electron chi connectivity index (χ2n) is 6.65. The summed E-state index contributed by atoms with van der Waals surface area (Å²) >= 11 is 0. The predicted molar refractivity (Wildman–Crippen MR) is 115 cm³/mol. The van der Waals surface area contributed by atoms with Crippen molar-refractivity contribution in [1.29, 1.82) is 0 Å². The van der Waals surface area contributed by atoms with E-state index in [0.717, 1.165) is 12.0 Å². The highest BCUT2D eigenvalue weighted by Gasteiger charge is 2.19. The predicted octanol–water partition coefficient (Wildman–Crippen LogP) is 3.95. The van der Waals surface area contributed by atoms with E-state index in [4.69, 9.17) is 11.5 Å². The third-order valence-corrected chi connectivity index (χ3v) is 4.76. The summed E-state index contributed by atoms with van der Waals surface area (Å²) in [5.41, 5.74) is 16.2. The van der Waals surface area contributed by atoms with Gasteiger partial charge in [-0.2, -0.15) is 4.98 Å². The molecule has 3 aromatic rings. The first-order valence-corrected chi connectivity index (χ1v) is 9.45. The van der Waals surface area contributed by atoms with Gasteiger partial charge in [-0.05, 0) is 35.6 Å². The van der Waals surface area contributed by atoms with Crippen LogP contribution < -0.4 is 16.8 Å². The highest BCUT2D eigenvalue weighted by molar-refractivity contribution is 5.81. The SMILES string of the molecule is CCc1ccc(CNc2ccc(-c3c(N)nc(N)nc3CC)cc2[N+](=O)[O-])cc1. The van der Waals surface area contributed by atoms with Gasteiger partial charge in [0.15, 0.2) is 0 Å². The molecule has 0 saturated carbocycles. The molecule has 1 aromatic heterocycles. The number of benzene rings is 2. The Bertz CT molecular complexity index is 1030. The zero-order valence-corrected chi connectivity index (χ0v) is 16.5. The van der Waals surface area contributed by atoms with Crippen LogP contribution in [0.2, 0.25) is 0 Å². The van der Waals surface area contributed by atoms with Gasteiger partial charge in [-0.25, -0.2) is 4.98 Å². The number of aryl methyl sites for hydroxylation is 2. The van der Waals surface area contributed by atoms with Gasteiger partial charge in [-0.3, -0.25) is 10.1 Å². The number of nitrogens with two attached hydrogens (primary N) is 2. The summed E-state index contributed by atoms with van der Waals surface area (Å²) in [6, 6.07) is 13.1. The average molecular weight is 392 g/mol. The van der Waals surface area contributed by atoms with Crippen LogP contribution in [0.1, 0.15) is 30.7 Å². The van der Waals surface area contributed by atoms with E-state index < -0.39 is 4.92 Å². The Morgan fingerprint density at radius 1 is 1.00 bits per heavy atom. The molecular weight excluding hydrogens is 368 g/mol. The topological polar surface area (TPSA) is 133 Å². The van der Waals surface area contributed by atoms with Crippen LogP contribution in [0.25, 0.3) is 11.1 Å². The fraction of sp³-hybridized carbons (Fsp3) is 0.238. The maximum atomic E-state index is 11.7. The first kappa shape index (κ1) is 20.1. The number of nitro groups is 1. The molecule has 150 valence electrons.